The van der Waals surface area contributed by atoms with Crippen LogP contribution in [0, 0.1) is 5.82 Å². The fourth-order valence-corrected chi connectivity index (χ4v) is 1.67. The summed E-state index contributed by atoms with van der Waals surface area (Å²) < 4.78 is 29.4. The SMILES string of the molecule is COc1cc(OCCOc2ccccc2)c(F)cc1N. The van der Waals surface area contributed by atoms with Gasteiger partial charge in [-0.2, -0.15) is 0 Å². The Kier molecular flexibility index (Phi) is 4.65. The van der Waals surface area contributed by atoms with Gasteiger partial charge in [0.15, 0.2) is 11.6 Å². The quantitative estimate of drug-likeness (QED) is 0.651. The molecular weight excluding hydrogens is 261 g/mol. The van der Waals surface area contributed by atoms with Crippen molar-refractivity contribution in [2.45, 2.75) is 0 Å². The zero-order valence-electron chi connectivity index (χ0n) is 11.1. The van der Waals surface area contributed by atoms with Crippen molar-refractivity contribution < 1.29 is 18.6 Å². The van der Waals surface area contributed by atoms with Gasteiger partial charge in [-0.05, 0) is 12.1 Å². The molecule has 2 rings (SSSR count). The zero-order chi connectivity index (χ0) is 14.4. The molecule has 2 N–H and O–H groups in total. The largest absolute Gasteiger partial charge is 0.494 e. The van der Waals surface area contributed by atoms with Crippen molar-refractivity contribution in [3.05, 3.63) is 48.3 Å². The van der Waals surface area contributed by atoms with E-state index in [1.807, 2.05) is 30.3 Å². The number of ether oxygens (including phenoxy) is 3. The van der Waals surface area contributed by atoms with Crippen molar-refractivity contribution in [3.8, 4) is 17.2 Å². The van der Waals surface area contributed by atoms with Gasteiger partial charge >= 0.3 is 0 Å². The minimum Gasteiger partial charge on any atom is -0.494 e. The molecule has 4 nitrogen and oxygen atoms in total. The summed E-state index contributed by atoms with van der Waals surface area (Å²) >= 11 is 0. The van der Waals surface area contributed by atoms with E-state index in [0.29, 0.717) is 12.4 Å². The maximum atomic E-state index is 13.6. The summed E-state index contributed by atoms with van der Waals surface area (Å²) in [5, 5.41) is 0. The Labute approximate surface area is 116 Å². The van der Waals surface area contributed by atoms with Crippen LogP contribution in [0.4, 0.5) is 10.1 Å². The summed E-state index contributed by atoms with van der Waals surface area (Å²) in [6.45, 7) is 0.537. The molecule has 106 valence electrons. The summed E-state index contributed by atoms with van der Waals surface area (Å²) in [5.41, 5.74) is 5.82. The Morgan fingerprint density at radius 2 is 1.70 bits per heavy atom. The smallest absolute Gasteiger partial charge is 0.167 e. The number of nitrogens with two attached hydrogens (primary N) is 1. The number of anilines is 1. The van der Waals surface area contributed by atoms with Crippen LogP contribution in [0.15, 0.2) is 42.5 Å². The standard InChI is InChI=1S/C15H16FNO3/c1-18-15-10-14(12(16)9-13(15)17)20-8-7-19-11-5-3-2-4-6-11/h2-6,9-10H,7-8,17H2,1H3. The summed E-state index contributed by atoms with van der Waals surface area (Å²) in [4.78, 5) is 0. The van der Waals surface area contributed by atoms with E-state index in [9.17, 15) is 4.39 Å². The van der Waals surface area contributed by atoms with Gasteiger partial charge in [-0.25, -0.2) is 4.39 Å². The fraction of sp³-hybridized carbons (Fsp3) is 0.200. The highest BCUT2D eigenvalue weighted by atomic mass is 19.1. The minimum absolute atomic E-state index is 0.0905. The third kappa shape index (κ3) is 3.54. The Balaban J connectivity index is 1.88. The molecule has 0 bridgehead atoms. The Bertz CT molecular complexity index is 561. The molecule has 0 fully saturated rings. The van der Waals surface area contributed by atoms with Crippen LogP contribution in [0.1, 0.15) is 0 Å². The molecule has 0 heterocycles. The predicted octanol–water partition coefficient (Wildman–Crippen LogP) is 2.87. The second-order valence-corrected chi connectivity index (χ2v) is 4.03. The number of methoxy groups -OCH3 is 1. The van der Waals surface area contributed by atoms with Gasteiger partial charge < -0.3 is 19.9 Å². The molecule has 2 aromatic carbocycles. The van der Waals surface area contributed by atoms with Gasteiger partial charge in [0.05, 0.1) is 12.8 Å². The average Bonchev–Trinajstić information content (AvgIpc) is 2.46. The summed E-state index contributed by atoms with van der Waals surface area (Å²) in [6, 6.07) is 11.9. The van der Waals surface area contributed by atoms with Crippen LogP contribution in [0.5, 0.6) is 17.2 Å². The molecule has 0 aliphatic carbocycles. The third-order valence-electron chi connectivity index (χ3n) is 2.64. The maximum Gasteiger partial charge on any atom is 0.167 e. The van der Waals surface area contributed by atoms with Crippen molar-refractivity contribution >= 4 is 5.69 Å². The van der Waals surface area contributed by atoms with Crippen LogP contribution in [-0.2, 0) is 0 Å². The first-order valence-corrected chi connectivity index (χ1v) is 6.14. The van der Waals surface area contributed by atoms with Gasteiger partial charge in [-0.3, -0.25) is 0 Å². The van der Waals surface area contributed by atoms with Crippen molar-refractivity contribution in [1.82, 2.24) is 0 Å². The van der Waals surface area contributed by atoms with Crippen LogP contribution < -0.4 is 19.9 Å². The van der Waals surface area contributed by atoms with E-state index in [1.165, 1.54) is 19.2 Å². The van der Waals surface area contributed by atoms with E-state index in [2.05, 4.69) is 0 Å². The van der Waals surface area contributed by atoms with E-state index >= 15 is 0 Å². The molecule has 0 saturated heterocycles. The fourth-order valence-electron chi connectivity index (χ4n) is 1.67. The lowest BCUT2D eigenvalue weighted by Gasteiger charge is -2.11. The van der Waals surface area contributed by atoms with Gasteiger partial charge in [0.2, 0.25) is 0 Å². The van der Waals surface area contributed by atoms with Crippen LogP contribution in [0.3, 0.4) is 0 Å². The van der Waals surface area contributed by atoms with E-state index in [-0.39, 0.29) is 18.0 Å². The lowest BCUT2D eigenvalue weighted by atomic mass is 10.2. The first kappa shape index (κ1) is 14.0. The normalized spacial score (nSPS) is 10.1. The number of para-hydroxylation sites is 1. The second-order valence-electron chi connectivity index (χ2n) is 4.03. The molecule has 0 saturated carbocycles. The number of hydrogen-bond donors (Lipinski definition) is 1. The first-order valence-electron chi connectivity index (χ1n) is 6.14. The molecule has 5 heteroatoms. The maximum absolute atomic E-state index is 13.6. The topological polar surface area (TPSA) is 53.7 Å². The van der Waals surface area contributed by atoms with E-state index in [0.717, 1.165) is 5.75 Å². The molecule has 0 radical (unpaired) electrons. The van der Waals surface area contributed by atoms with E-state index < -0.39 is 5.82 Å². The Hall–Kier alpha value is -2.43. The van der Waals surface area contributed by atoms with E-state index in [4.69, 9.17) is 19.9 Å². The number of halogens is 1. The zero-order valence-corrected chi connectivity index (χ0v) is 11.1. The van der Waals surface area contributed by atoms with Crippen molar-refractivity contribution in [2.24, 2.45) is 0 Å². The highest BCUT2D eigenvalue weighted by molar-refractivity contribution is 5.56. The molecule has 0 unspecified atom stereocenters. The van der Waals surface area contributed by atoms with Gasteiger partial charge in [-0.15, -0.1) is 0 Å². The minimum atomic E-state index is -0.525. The number of nitrogen functional groups attached to an aromatic ring is 1. The van der Waals surface area contributed by atoms with Crippen LogP contribution >= 0.6 is 0 Å². The number of benzene rings is 2. The molecule has 20 heavy (non-hydrogen) atoms. The van der Waals surface area contributed by atoms with Gasteiger partial charge in [0, 0.05) is 12.1 Å². The van der Waals surface area contributed by atoms with Gasteiger partial charge in [0.25, 0.3) is 0 Å². The predicted molar refractivity (Wildman–Crippen MR) is 74.8 cm³/mol. The summed E-state index contributed by atoms with van der Waals surface area (Å²) in [5.74, 6) is 0.688. The molecule has 0 aromatic heterocycles. The van der Waals surface area contributed by atoms with Crippen molar-refractivity contribution in [2.75, 3.05) is 26.1 Å². The molecule has 0 aliphatic heterocycles. The second kappa shape index (κ2) is 6.65. The van der Waals surface area contributed by atoms with Crippen molar-refractivity contribution in [3.63, 3.8) is 0 Å². The monoisotopic (exact) mass is 277 g/mol. The average molecular weight is 277 g/mol. The van der Waals surface area contributed by atoms with Crippen LogP contribution in [0.2, 0.25) is 0 Å². The van der Waals surface area contributed by atoms with Gasteiger partial charge in [-0.1, -0.05) is 18.2 Å². The molecule has 2 aromatic rings. The Morgan fingerprint density at radius 3 is 2.40 bits per heavy atom. The lowest BCUT2D eigenvalue weighted by molar-refractivity contribution is 0.211. The molecular formula is C15H16FNO3. The third-order valence-corrected chi connectivity index (χ3v) is 2.64. The number of hydrogen-bond acceptors (Lipinski definition) is 4. The molecule has 0 spiro atoms. The van der Waals surface area contributed by atoms with Crippen LogP contribution in [0.25, 0.3) is 0 Å². The highest BCUT2D eigenvalue weighted by Crippen LogP contribution is 2.29. The van der Waals surface area contributed by atoms with E-state index in [1.54, 1.807) is 0 Å². The summed E-state index contributed by atoms with van der Waals surface area (Å²) in [6.07, 6.45) is 0. The highest BCUT2D eigenvalue weighted by Gasteiger charge is 2.09. The Morgan fingerprint density at radius 1 is 1.00 bits per heavy atom. The van der Waals surface area contributed by atoms with Crippen LogP contribution in [-0.4, -0.2) is 20.3 Å². The molecule has 0 amide bonds. The molecule has 0 aliphatic rings. The number of rotatable bonds is 6. The summed E-state index contributed by atoms with van der Waals surface area (Å²) in [7, 11) is 1.46. The van der Waals surface area contributed by atoms with Crippen molar-refractivity contribution in [1.29, 1.82) is 0 Å². The van der Waals surface area contributed by atoms with Gasteiger partial charge in [0.1, 0.15) is 24.7 Å². The molecule has 0 atom stereocenters. The lowest BCUT2D eigenvalue weighted by Crippen LogP contribution is -2.10. The first-order chi connectivity index (χ1) is 9.70.